The van der Waals surface area contributed by atoms with E-state index in [0.717, 1.165) is 32.1 Å². The van der Waals surface area contributed by atoms with Crippen LogP contribution in [0, 0.1) is 11.8 Å². The van der Waals surface area contributed by atoms with Crippen LogP contribution in [-0.2, 0) is 19.1 Å². The fourth-order valence-electron chi connectivity index (χ4n) is 6.47. The number of unbranched alkanes of at least 4 members (excludes halogenated alkanes) is 3. The van der Waals surface area contributed by atoms with Crippen molar-refractivity contribution >= 4 is 29.5 Å². The third kappa shape index (κ3) is 5.00. The summed E-state index contributed by atoms with van der Waals surface area (Å²) in [6.45, 7) is 14.7. The van der Waals surface area contributed by atoms with E-state index in [4.69, 9.17) is 4.74 Å². The van der Waals surface area contributed by atoms with E-state index in [9.17, 15) is 19.5 Å². The Morgan fingerprint density at radius 3 is 2.61 bits per heavy atom. The zero-order valence-electron chi connectivity index (χ0n) is 22.2. The van der Waals surface area contributed by atoms with Crippen LogP contribution in [0.25, 0.3) is 0 Å². The van der Waals surface area contributed by atoms with Gasteiger partial charge in [-0.2, -0.15) is 0 Å². The molecule has 202 valence electrons. The first-order valence-electron chi connectivity index (χ1n) is 13.6. The zero-order valence-corrected chi connectivity index (χ0v) is 23.1. The molecule has 0 radical (unpaired) electrons. The van der Waals surface area contributed by atoms with Gasteiger partial charge in [0.2, 0.25) is 11.8 Å². The van der Waals surface area contributed by atoms with Crippen molar-refractivity contribution in [3.8, 4) is 0 Å². The van der Waals surface area contributed by atoms with Crippen molar-refractivity contribution in [1.82, 2.24) is 9.80 Å². The van der Waals surface area contributed by atoms with E-state index >= 15 is 0 Å². The molecule has 36 heavy (non-hydrogen) atoms. The van der Waals surface area contributed by atoms with Crippen LogP contribution in [-0.4, -0.2) is 80.6 Å². The topological polar surface area (TPSA) is 87.1 Å². The van der Waals surface area contributed by atoms with Crippen molar-refractivity contribution in [3.63, 3.8) is 0 Å². The lowest BCUT2D eigenvalue weighted by atomic mass is 9.66. The van der Waals surface area contributed by atoms with Crippen molar-refractivity contribution in [2.45, 2.75) is 93.7 Å². The highest BCUT2D eigenvalue weighted by atomic mass is 32.2. The second kappa shape index (κ2) is 12.2. The minimum absolute atomic E-state index is 0.0921. The lowest BCUT2D eigenvalue weighted by Crippen LogP contribution is -2.57. The summed E-state index contributed by atoms with van der Waals surface area (Å²) >= 11 is 1.64. The van der Waals surface area contributed by atoms with Gasteiger partial charge in [0.05, 0.1) is 35.8 Å². The van der Waals surface area contributed by atoms with Gasteiger partial charge in [-0.25, -0.2) is 0 Å². The second-order valence-electron chi connectivity index (χ2n) is 10.6. The average molecular weight is 521 g/mol. The highest BCUT2D eigenvalue weighted by Crippen LogP contribution is 2.71. The predicted octanol–water partition coefficient (Wildman–Crippen LogP) is 3.95. The third-order valence-electron chi connectivity index (χ3n) is 8.27. The molecule has 2 bridgehead atoms. The fraction of sp³-hybridized carbons (Fsp3) is 0.750. The van der Waals surface area contributed by atoms with Crippen LogP contribution in [0.15, 0.2) is 25.3 Å². The normalized spacial score (nSPS) is 31.3. The molecule has 8 heteroatoms. The number of aliphatic hydroxyl groups excluding tert-OH is 1. The van der Waals surface area contributed by atoms with Gasteiger partial charge in [0.25, 0.3) is 0 Å². The number of likely N-dealkylation sites (tertiary alicyclic amines) is 1. The summed E-state index contributed by atoms with van der Waals surface area (Å²) in [5.74, 6) is -1.85. The molecule has 3 aliphatic heterocycles. The van der Waals surface area contributed by atoms with Crippen LogP contribution in [0.5, 0.6) is 0 Å². The SMILES string of the molecule is C=CCCCOC(=O)[C@@H]1[C@H]2C(=O)N([C@@H](CC)CO)C(C(=O)N(CC=C)CCCCC)C23CC[C@@]1(C)S3. The Hall–Kier alpha value is -1.80. The molecule has 6 atom stereocenters. The molecule has 1 N–H and O–H groups in total. The number of esters is 1. The van der Waals surface area contributed by atoms with Crippen LogP contribution in [0.2, 0.25) is 0 Å². The number of hydrogen-bond donors (Lipinski definition) is 1. The number of aliphatic hydroxyl groups is 1. The first-order chi connectivity index (χ1) is 17.3. The molecule has 3 heterocycles. The number of ether oxygens (including phenoxy) is 1. The Kier molecular flexibility index (Phi) is 9.72. The van der Waals surface area contributed by atoms with Gasteiger partial charge in [0.1, 0.15) is 6.04 Å². The van der Waals surface area contributed by atoms with E-state index < -0.39 is 33.4 Å². The number of carbonyl (C=O) groups excluding carboxylic acids is 3. The minimum Gasteiger partial charge on any atom is -0.465 e. The van der Waals surface area contributed by atoms with Crippen molar-refractivity contribution in [2.75, 3.05) is 26.3 Å². The summed E-state index contributed by atoms with van der Waals surface area (Å²) in [5, 5.41) is 10.2. The fourth-order valence-corrected chi connectivity index (χ4v) is 8.80. The zero-order chi connectivity index (χ0) is 26.5. The number of fused-ring (bicyclic) bond motifs is 1. The summed E-state index contributed by atoms with van der Waals surface area (Å²) in [7, 11) is 0. The number of hydrogen-bond acceptors (Lipinski definition) is 6. The molecule has 3 rings (SSSR count). The summed E-state index contributed by atoms with van der Waals surface area (Å²) < 4.78 is 4.52. The number of allylic oxidation sites excluding steroid dienone is 1. The summed E-state index contributed by atoms with van der Waals surface area (Å²) in [5.41, 5.74) is 0. The summed E-state index contributed by atoms with van der Waals surface area (Å²) in [6.07, 6.45) is 9.89. The second-order valence-corrected chi connectivity index (χ2v) is 12.5. The van der Waals surface area contributed by atoms with Gasteiger partial charge in [-0.15, -0.1) is 24.9 Å². The molecular weight excluding hydrogens is 476 g/mol. The highest BCUT2D eigenvalue weighted by Gasteiger charge is 2.78. The van der Waals surface area contributed by atoms with Crippen LogP contribution < -0.4 is 0 Å². The van der Waals surface area contributed by atoms with Crippen molar-refractivity contribution in [3.05, 3.63) is 25.3 Å². The molecule has 3 saturated heterocycles. The van der Waals surface area contributed by atoms with Gasteiger partial charge in [-0.05, 0) is 45.4 Å². The lowest BCUT2D eigenvalue weighted by Gasteiger charge is -2.39. The highest BCUT2D eigenvalue weighted by molar-refractivity contribution is 8.02. The molecular formula is C28H44N2O5S. The van der Waals surface area contributed by atoms with Crippen LogP contribution in [0.3, 0.4) is 0 Å². The minimum atomic E-state index is -0.709. The molecule has 3 fully saturated rings. The van der Waals surface area contributed by atoms with Gasteiger partial charge >= 0.3 is 5.97 Å². The van der Waals surface area contributed by atoms with Gasteiger partial charge in [0, 0.05) is 17.8 Å². The maximum Gasteiger partial charge on any atom is 0.311 e. The number of amides is 2. The van der Waals surface area contributed by atoms with Crippen molar-refractivity contribution in [1.29, 1.82) is 0 Å². The monoisotopic (exact) mass is 520 g/mol. The van der Waals surface area contributed by atoms with Crippen LogP contribution >= 0.6 is 11.8 Å². The van der Waals surface area contributed by atoms with E-state index in [1.165, 1.54) is 0 Å². The molecule has 0 aromatic heterocycles. The van der Waals surface area contributed by atoms with Gasteiger partial charge in [-0.3, -0.25) is 14.4 Å². The number of carbonyl (C=O) groups is 3. The van der Waals surface area contributed by atoms with Gasteiger partial charge < -0.3 is 19.6 Å². The molecule has 0 saturated carbocycles. The average Bonchev–Trinajstić information content (AvgIpc) is 3.43. The Morgan fingerprint density at radius 2 is 2.00 bits per heavy atom. The smallest absolute Gasteiger partial charge is 0.311 e. The number of rotatable bonds is 15. The Bertz CT molecular complexity index is 846. The molecule has 0 aromatic carbocycles. The van der Waals surface area contributed by atoms with E-state index in [1.807, 2.05) is 18.7 Å². The Balaban J connectivity index is 1.99. The third-order valence-corrected chi connectivity index (χ3v) is 10.3. The summed E-state index contributed by atoms with van der Waals surface area (Å²) in [6, 6.07) is -1.18. The molecule has 1 spiro atoms. The number of thioether (sulfide) groups is 1. The van der Waals surface area contributed by atoms with Crippen molar-refractivity contribution in [2.24, 2.45) is 11.8 Å². The lowest BCUT2D eigenvalue weighted by molar-refractivity contribution is -0.156. The van der Waals surface area contributed by atoms with Crippen molar-refractivity contribution < 1.29 is 24.2 Å². The molecule has 7 nitrogen and oxygen atoms in total. The largest absolute Gasteiger partial charge is 0.465 e. The Labute approximate surface area is 220 Å². The van der Waals surface area contributed by atoms with Crippen LogP contribution in [0.1, 0.15) is 72.1 Å². The molecule has 3 aliphatic rings. The van der Waals surface area contributed by atoms with Gasteiger partial charge in [0.15, 0.2) is 0 Å². The van der Waals surface area contributed by atoms with Crippen LogP contribution in [0.4, 0.5) is 0 Å². The summed E-state index contributed by atoms with van der Waals surface area (Å²) in [4.78, 5) is 45.2. The quantitative estimate of drug-likeness (QED) is 0.200. The first kappa shape index (κ1) is 28.8. The molecule has 0 aromatic rings. The van der Waals surface area contributed by atoms with E-state index in [1.54, 1.807) is 28.8 Å². The number of nitrogens with zero attached hydrogens (tertiary/aromatic N) is 2. The molecule has 2 amide bonds. The predicted molar refractivity (Wildman–Crippen MR) is 143 cm³/mol. The Morgan fingerprint density at radius 1 is 1.25 bits per heavy atom. The van der Waals surface area contributed by atoms with E-state index in [-0.39, 0.29) is 24.4 Å². The first-order valence-corrected chi connectivity index (χ1v) is 14.4. The molecule has 0 aliphatic carbocycles. The van der Waals surface area contributed by atoms with Gasteiger partial charge in [-0.1, -0.05) is 38.8 Å². The maximum atomic E-state index is 14.2. The van der Waals surface area contributed by atoms with E-state index in [0.29, 0.717) is 39.0 Å². The molecule has 2 unspecified atom stereocenters. The van der Waals surface area contributed by atoms with E-state index in [2.05, 4.69) is 20.1 Å². The standard InChI is InChI=1S/C28H44N2O5S/c1-6-10-12-17-29(16-8-3)25(33)23-28-15-14-27(5,36-28)22(26(34)35-18-13-11-7-2)21(28)24(32)30(23)20(9-4)19-31/h7-8,20-23,31H,2-3,6,9-19H2,1,4-5H3/t20-,21-,22-,23?,27+,28?/m0/s1. The maximum absolute atomic E-state index is 14.2.